The molecular weight excluding hydrogens is 336 g/mol. The van der Waals surface area contributed by atoms with Crippen molar-refractivity contribution in [3.05, 3.63) is 83.0 Å². The molecule has 1 aromatic rings. The van der Waals surface area contributed by atoms with E-state index in [-0.39, 0.29) is 22.9 Å². The summed E-state index contributed by atoms with van der Waals surface area (Å²) in [5.41, 5.74) is 1.94. The van der Waals surface area contributed by atoms with Crippen LogP contribution in [0.3, 0.4) is 0 Å². The summed E-state index contributed by atoms with van der Waals surface area (Å²) < 4.78 is 0. The number of carbonyl (C=O) groups is 1. The van der Waals surface area contributed by atoms with Crippen LogP contribution < -0.4 is 0 Å². The van der Waals surface area contributed by atoms with E-state index < -0.39 is 0 Å². The second kappa shape index (κ2) is 10.4. The fourth-order valence-electron chi connectivity index (χ4n) is 1.98. The summed E-state index contributed by atoms with van der Waals surface area (Å²) in [7, 11) is 0. The summed E-state index contributed by atoms with van der Waals surface area (Å²) in [6, 6.07) is 7.62. The van der Waals surface area contributed by atoms with E-state index in [2.05, 4.69) is 18.2 Å². The zero-order valence-corrected chi connectivity index (χ0v) is 14.0. The molecule has 2 aliphatic rings. The molecule has 1 nitrogen and oxygen atoms in total. The van der Waals surface area contributed by atoms with E-state index >= 15 is 0 Å². The van der Waals surface area contributed by atoms with Gasteiger partial charge in [-0.15, -0.1) is 18.4 Å². The van der Waals surface area contributed by atoms with Crippen molar-refractivity contribution >= 4 is 17.4 Å². The van der Waals surface area contributed by atoms with E-state index in [1.54, 1.807) is 6.08 Å². The largest absolute Gasteiger partial charge is 2.00 e. The third kappa shape index (κ3) is 6.61. The third-order valence-corrected chi connectivity index (χ3v) is 3.41. The van der Waals surface area contributed by atoms with Gasteiger partial charge in [0.2, 0.25) is 0 Å². The summed E-state index contributed by atoms with van der Waals surface area (Å²) in [6.45, 7) is 0. The molecule has 3 heteroatoms. The van der Waals surface area contributed by atoms with Crippen LogP contribution in [0.2, 0.25) is 5.02 Å². The summed E-state index contributed by atoms with van der Waals surface area (Å²) >= 11 is 5.79. The number of aryl methyl sites for hydroxylation is 1. The van der Waals surface area contributed by atoms with Gasteiger partial charge in [0.05, 0.1) is 5.78 Å². The molecule has 0 bridgehead atoms. The van der Waals surface area contributed by atoms with E-state index in [4.69, 9.17) is 11.6 Å². The van der Waals surface area contributed by atoms with Gasteiger partial charge in [-0.1, -0.05) is 23.7 Å². The molecule has 3 rings (SSSR count). The maximum absolute atomic E-state index is 11.7. The first-order chi connectivity index (χ1) is 10.3. The second-order valence-corrected chi connectivity index (χ2v) is 5.20. The first kappa shape index (κ1) is 18.7. The molecule has 22 heavy (non-hydrogen) atoms. The van der Waals surface area contributed by atoms with Crippen molar-refractivity contribution in [1.29, 1.82) is 0 Å². The van der Waals surface area contributed by atoms with Crippen LogP contribution in [0.5, 0.6) is 0 Å². The summed E-state index contributed by atoms with van der Waals surface area (Å²) in [4.78, 5) is 11.7. The molecule has 0 saturated heterocycles. The van der Waals surface area contributed by atoms with Crippen LogP contribution in [0, 0.1) is 12.2 Å². The molecule has 114 valence electrons. The molecule has 0 aliphatic heterocycles. The van der Waals surface area contributed by atoms with Crippen LogP contribution >= 0.6 is 11.6 Å². The number of halogens is 1. The summed E-state index contributed by atoms with van der Waals surface area (Å²) in [5.74, 6) is 0.194. The molecule has 1 aromatic carbocycles. The van der Waals surface area contributed by atoms with E-state index in [0.29, 0.717) is 6.42 Å². The minimum atomic E-state index is 0. The number of hydrogen-bond donors (Lipinski definition) is 0. The summed E-state index contributed by atoms with van der Waals surface area (Å²) in [5, 5.41) is 0.728. The van der Waals surface area contributed by atoms with E-state index in [9.17, 15) is 4.79 Å². The molecule has 0 atom stereocenters. The molecule has 0 fully saturated rings. The number of hydrogen-bond acceptors (Lipinski definition) is 1. The van der Waals surface area contributed by atoms with Crippen LogP contribution in [0.1, 0.15) is 24.8 Å². The number of ketones is 1. The molecule has 0 radical (unpaired) electrons. The number of carbonyl (C=O) groups excluding carboxylic acids is 1. The molecule has 0 heterocycles. The standard InChI is InChI=1S/C14H12ClO.C5H5.Fe/c15-13-8-5-11(6-9-13)7-10-14(16)12-3-1-2-4-12;1-2-4-5-3-1;/h3-6,8-9H,1,7,10H2;1-3H,4H2;/q2*-1;+2. The number of allylic oxidation sites excluding steroid dienone is 8. The van der Waals surface area contributed by atoms with Gasteiger partial charge in [-0.05, 0) is 30.5 Å². The Labute approximate surface area is 147 Å². The number of benzene rings is 1. The third-order valence-electron chi connectivity index (χ3n) is 3.16. The van der Waals surface area contributed by atoms with Crippen molar-refractivity contribution in [2.24, 2.45) is 0 Å². The van der Waals surface area contributed by atoms with Gasteiger partial charge in [-0.2, -0.15) is 12.2 Å². The van der Waals surface area contributed by atoms with Crippen molar-refractivity contribution in [2.45, 2.75) is 25.7 Å². The van der Waals surface area contributed by atoms with Crippen molar-refractivity contribution in [3.63, 3.8) is 0 Å². The number of rotatable bonds is 4. The predicted molar refractivity (Wildman–Crippen MR) is 86.9 cm³/mol. The van der Waals surface area contributed by atoms with Crippen molar-refractivity contribution in [2.75, 3.05) is 0 Å². The maximum atomic E-state index is 11.7. The Hall–Kier alpha value is -1.34. The van der Waals surface area contributed by atoms with Gasteiger partial charge in [0.1, 0.15) is 0 Å². The van der Waals surface area contributed by atoms with Crippen molar-refractivity contribution in [3.8, 4) is 0 Å². The van der Waals surface area contributed by atoms with E-state index in [1.165, 1.54) is 0 Å². The van der Waals surface area contributed by atoms with Gasteiger partial charge >= 0.3 is 17.1 Å². The Morgan fingerprint density at radius 1 is 1.14 bits per heavy atom. The Kier molecular flexibility index (Phi) is 8.84. The topological polar surface area (TPSA) is 17.1 Å². The Morgan fingerprint density at radius 2 is 1.91 bits per heavy atom. The molecule has 0 saturated carbocycles. The van der Waals surface area contributed by atoms with Gasteiger partial charge < -0.3 is 4.79 Å². The predicted octanol–water partition coefficient (Wildman–Crippen LogP) is 4.83. The van der Waals surface area contributed by atoms with E-state index in [0.717, 1.165) is 35.4 Å². The first-order valence-corrected chi connectivity index (χ1v) is 7.39. The van der Waals surface area contributed by atoms with Gasteiger partial charge in [0.15, 0.2) is 0 Å². The minimum Gasteiger partial charge on any atom is -0.315 e. The maximum Gasteiger partial charge on any atom is 2.00 e. The molecule has 2 aliphatic carbocycles. The zero-order chi connectivity index (χ0) is 14.9. The van der Waals surface area contributed by atoms with Gasteiger partial charge in [0, 0.05) is 5.02 Å². The first-order valence-electron chi connectivity index (χ1n) is 7.02. The Morgan fingerprint density at radius 3 is 2.41 bits per heavy atom. The normalized spacial score (nSPS) is 14.1. The monoisotopic (exact) mass is 352 g/mol. The van der Waals surface area contributed by atoms with Crippen LogP contribution in [0.15, 0.2) is 60.2 Å². The van der Waals surface area contributed by atoms with Crippen LogP contribution in [0.25, 0.3) is 0 Å². The Bertz CT molecular complexity index is 584. The Balaban J connectivity index is 0.000000344. The van der Waals surface area contributed by atoms with Crippen molar-refractivity contribution in [1.82, 2.24) is 0 Å². The fraction of sp³-hybridized carbons (Fsp3) is 0.211. The van der Waals surface area contributed by atoms with E-state index in [1.807, 2.05) is 42.5 Å². The quantitative estimate of drug-likeness (QED) is 0.560. The molecular formula is C19H17ClFeO. The van der Waals surface area contributed by atoms with Crippen molar-refractivity contribution < 1.29 is 21.9 Å². The van der Waals surface area contributed by atoms with Gasteiger partial charge in [-0.25, -0.2) is 18.2 Å². The SMILES string of the molecule is O=C(CCc1ccc(Cl)cc1)C1=CC[C-]=C1.[C-]1=CC=CC1.[Fe+2]. The van der Waals surface area contributed by atoms with Crippen LogP contribution in [-0.4, -0.2) is 5.78 Å². The van der Waals surface area contributed by atoms with Crippen LogP contribution in [0.4, 0.5) is 0 Å². The fourth-order valence-corrected chi connectivity index (χ4v) is 2.11. The second-order valence-electron chi connectivity index (χ2n) is 4.76. The van der Waals surface area contributed by atoms with Crippen LogP contribution in [-0.2, 0) is 28.3 Å². The smallest absolute Gasteiger partial charge is 0.315 e. The van der Waals surface area contributed by atoms with Gasteiger partial charge in [-0.3, -0.25) is 12.2 Å². The number of Topliss-reactive ketones (excluding diaryl/α,β-unsaturated/α-hetero) is 1. The molecule has 0 aromatic heterocycles. The average Bonchev–Trinajstić information content (AvgIpc) is 3.21. The summed E-state index contributed by atoms with van der Waals surface area (Å²) in [6.07, 6.45) is 18.8. The average molecular weight is 353 g/mol. The molecule has 0 N–H and O–H groups in total. The molecule has 0 amide bonds. The zero-order valence-electron chi connectivity index (χ0n) is 12.2. The minimum absolute atomic E-state index is 0. The molecule has 0 unspecified atom stereocenters. The molecule has 0 spiro atoms. The van der Waals surface area contributed by atoms with Gasteiger partial charge in [0.25, 0.3) is 0 Å².